The number of aliphatic imine (C=N–C) groups is 4. The summed E-state index contributed by atoms with van der Waals surface area (Å²) in [6.07, 6.45) is -8.51. The lowest BCUT2D eigenvalue weighted by Crippen LogP contribution is -2.44. The van der Waals surface area contributed by atoms with Crippen LogP contribution in [0.25, 0.3) is 0 Å². The number of nitrogens with one attached hydrogen (secondary N) is 1. The van der Waals surface area contributed by atoms with Crippen molar-refractivity contribution in [3.8, 4) is 0 Å². The van der Waals surface area contributed by atoms with Crippen LogP contribution < -0.4 is 5.32 Å². The summed E-state index contributed by atoms with van der Waals surface area (Å²) in [5.41, 5.74) is -4.77. The van der Waals surface area contributed by atoms with Crippen molar-refractivity contribution in [2.45, 2.75) is 17.5 Å². The largest absolute Gasteiger partial charge is 0.418 e. The third kappa shape index (κ3) is 3.11. The normalized spacial score (nSPS) is 22.5. The molecule has 12 heteroatoms. The average molecular weight is 382 g/mol. The second kappa shape index (κ2) is 5.55. The van der Waals surface area contributed by atoms with Gasteiger partial charge in [-0.2, -0.15) is 26.3 Å². The summed E-state index contributed by atoms with van der Waals surface area (Å²) in [5, 5.41) is 0.101. The van der Waals surface area contributed by atoms with Crippen molar-refractivity contribution in [1.29, 1.82) is 0 Å². The van der Waals surface area contributed by atoms with Gasteiger partial charge in [-0.1, -0.05) is 17.7 Å². The Balaban J connectivity index is 2.10. The van der Waals surface area contributed by atoms with Crippen LogP contribution in [0, 0.1) is 0 Å². The molecule has 1 aromatic carbocycles. The molecule has 0 aromatic heterocycles. The van der Waals surface area contributed by atoms with E-state index in [0.29, 0.717) is 6.07 Å². The van der Waals surface area contributed by atoms with Crippen LogP contribution in [0.15, 0.2) is 38.2 Å². The molecule has 0 amide bonds. The van der Waals surface area contributed by atoms with Gasteiger partial charge >= 0.3 is 12.4 Å². The zero-order valence-electron chi connectivity index (χ0n) is 11.8. The van der Waals surface area contributed by atoms with Gasteiger partial charge in [0.2, 0.25) is 0 Å². The van der Waals surface area contributed by atoms with Crippen molar-refractivity contribution < 1.29 is 26.3 Å². The van der Waals surface area contributed by atoms with Crippen LogP contribution in [-0.2, 0) is 12.4 Å². The predicted molar refractivity (Wildman–Crippen MR) is 80.5 cm³/mol. The molecule has 0 fully saturated rings. The van der Waals surface area contributed by atoms with Crippen LogP contribution in [0.3, 0.4) is 0 Å². The first-order chi connectivity index (χ1) is 11.5. The first-order valence-corrected chi connectivity index (χ1v) is 6.87. The van der Waals surface area contributed by atoms with Crippen molar-refractivity contribution in [3.63, 3.8) is 0 Å². The lowest BCUT2D eigenvalue weighted by Gasteiger charge is -2.29. The van der Waals surface area contributed by atoms with Gasteiger partial charge in [0.05, 0.1) is 16.8 Å². The summed E-state index contributed by atoms with van der Waals surface area (Å²) in [7, 11) is 0. The minimum absolute atomic E-state index is 0.00182. The number of benzene rings is 1. The van der Waals surface area contributed by atoms with Crippen LogP contribution in [-0.4, -0.2) is 29.3 Å². The lowest BCUT2D eigenvalue weighted by molar-refractivity contribution is -0.161. The summed E-state index contributed by atoms with van der Waals surface area (Å²) in [5.74, 6) is -0.00182. The molecule has 0 spiro atoms. The number of hydrogen-bond acceptors (Lipinski definition) is 5. The van der Waals surface area contributed by atoms with Gasteiger partial charge < -0.3 is 5.32 Å². The van der Waals surface area contributed by atoms with Gasteiger partial charge in [-0.05, 0) is 12.1 Å². The van der Waals surface area contributed by atoms with E-state index in [0.717, 1.165) is 24.8 Å². The lowest BCUT2D eigenvalue weighted by atomic mass is 10.0. The molecular formula is C13H6ClF6N5. The number of halogens is 7. The van der Waals surface area contributed by atoms with Gasteiger partial charge in [0, 0.05) is 0 Å². The molecule has 2 aliphatic rings. The molecule has 0 saturated carbocycles. The molecule has 2 heterocycles. The minimum Gasteiger partial charge on any atom is -0.343 e. The number of alkyl halides is 7. The molecular weight excluding hydrogens is 376 g/mol. The SMILES string of the molecule is FC(F)(F)c1cccc(NC2(Cl)N=CN=C3N=CN=C32)c1C(F)(F)F. The van der Waals surface area contributed by atoms with Gasteiger partial charge in [0.1, 0.15) is 12.7 Å². The average Bonchev–Trinajstić information content (AvgIpc) is 2.95. The molecule has 0 aliphatic carbocycles. The third-order valence-corrected chi connectivity index (χ3v) is 3.63. The Morgan fingerprint density at radius 2 is 1.68 bits per heavy atom. The van der Waals surface area contributed by atoms with Crippen molar-refractivity contribution in [1.82, 2.24) is 0 Å². The van der Waals surface area contributed by atoms with E-state index in [1.54, 1.807) is 0 Å². The third-order valence-electron chi connectivity index (χ3n) is 3.26. The van der Waals surface area contributed by atoms with Crippen molar-refractivity contribution in [3.05, 3.63) is 29.3 Å². The van der Waals surface area contributed by atoms with E-state index in [-0.39, 0.29) is 11.5 Å². The fraction of sp³-hybridized carbons (Fsp3) is 0.231. The maximum absolute atomic E-state index is 13.3. The molecule has 5 nitrogen and oxygen atoms in total. The first-order valence-electron chi connectivity index (χ1n) is 6.49. The predicted octanol–water partition coefficient (Wildman–Crippen LogP) is 3.95. The Morgan fingerprint density at radius 3 is 2.32 bits per heavy atom. The van der Waals surface area contributed by atoms with E-state index in [2.05, 4.69) is 25.3 Å². The van der Waals surface area contributed by atoms with Crippen LogP contribution in [0.4, 0.5) is 32.0 Å². The summed E-state index contributed by atoms with van der Waals surface area (Å²) in [6.45, 7) is 0. The van der Waals surface area contributed by atoms with Crippen LogP contribution in [0.2, 0.25) is 0 Å². The second-order valence-corrected chi connectivity index (χ2v) is 5.44. The maximum Gasteiger partial charge on any atom is 0.418 e. The standard InChI is InChI=1S/C13H6ClF6N5/c14-11(9-10(22-4-21-9)23-5-24-11)25-7-3-1-2-6(12(15,16)17)8(7)13(18,19)20/h1-5,25H. The monoisotopic (exact) mass is 381 g/mol. The highest BCUT2D eigenvalue weighted by Crippen LogP contribution is 2.45. The number of amidine groups is 1. The molecule has 3 rings (SSSR count). The van der Waals surface area contributed by atoms with E-state index in [9.17, 15) is 26.3 Å². The maximum atomic E-state index is 13.3. The number of nitrogens with zero attached hydrogens (tertiary/aromatic N) is 4. The van der Waals surface area contributed by atoms with Crippen LogP contribution in [0.5, 0.6) is 0 Å². The van der Waals surface area contributed by atoms with E-state index in [1.165, 1.54) is 0 Å². The topological polar surface area (TPSA) is 61.5 Å². The van der Waals surface area contributed by atoms with E-state index < -0.39 is 34.3 Å². The molecule has 0 bridgehead atoms. The molecule has 0 radical (unpaired) electrons. The van der Waals surface area contributed by atoms with E-state index in [4.69, 9.17) is 11.6 Å². The Bertz CT molecular complexity index is 838. The molecule has 1 atom stereocenters. The van der Waals surface area contributed by atoms with E-state index in [1.807, 2.05) is 0 Å². The number of fused-ring (bicyclic) bond motifs is 1. The van der Waals surface area contributed by atoms with Crippen LogP contribution >= 0.6 is 11.6 Å². The molecule has 1 aromatic rings. The van der Waals surface area contributed by atoms with Gasteiger partial charge in [0.15, 0.2) is 11.5 Å². The summed E-state index contributed by atoms with van der Waals surface area (Å²) in [6, 6.07) is 1.98. The molecule has 2 aliphatic heterocycles. The minimum atomic E-state index is -5.29. The fourth-order valence-electron chi connectivity index (χ4n) is 2.28. The second-order valence-electron chi connectivity index (χ2n) is 4.89. The highest BCUT2D eigenvalue weighted by atomic mass is 35.5. The quantitative estimate of drug-likeness (QED) is 0.470. The Morgan fingerprint density at radius 1 is 0.960 bits per heavy atom. The zero-order chi connectivity index (χ0) is 18.5. The molecule has 0 saturated heterocycles. The highest BCUT2D eigenvalue weighted by molar-refractivity contribution is 6.59. The molecule has 1 N–H and O–H groups in total. The number of rotatable bonds is 2. The summed E-state index contributed by atoms with van der Waals surface area (Å²) >= 11 is 6.15. The van der Waals surface area contributed by atoms with Crippen LogP contribution in [0.1, 0.15) is 11.1 Å². The Hall–Kier alpha value is -2.43. The number of hydrogen-bond donors (Lipinski definition) is 1. The zero-order valence-corrected chi connectivity index (χ0v) is 12.6. The molecule has 132 valence electrons. The molecule has 1 unspecified atom stereocenters. The number of anilines is 1. The molecule has 25 heavy (non-hydrogen) atoms. The fourth-order valence-corrected chi connectivity index (χ4v) is 2.56. The Labute approximate surface area is 140 Å². The Kier molecular flexibility index (Phi) is 3.86. The first kappa shape index (κ1) is 17.4. The van der Waals surface area contributed by atoms with Crippen molar-refractivity contribution in [2.24, 2.45) is 20.0 Å². The highest BCUT2D eigenvalue weighted by Gasteiger charge is 2.47. The van der Waals surface area contributed by atoms with Crippen molar-refractivity contribution >= 4 is 41.5 Å². The van der Waals surface area contributed by atoms with Crippen molar-refractivity contribution in [2.75, 3.05) is 5.32 Å². The van der Waals surface area contributed by atoms with Gasteiger partial charge in [0.25, 0.3) is 5.12 Å². The van der Waals surface area contributed by atoms with Gasteiger partial charge in [-0.3, -0.25) is 0 Å². The smallest absolute Gasteiger partial charge is 0.343 e. The van der Waals surface area contributed by atoms with Gasteiger partial charge in [-0.25, -0.2) is 20.0 Å². The summed E-state index contributed by atoms with van der Waals surface area (Å²) < 4.78 is 78.8. The van der Waals surface area contributed by atoms with E-state index >= 15 is 0 Å². The van der Waals surface area contributed by atoms with Gasteiger partial charge in [-0.15, -0.1) is 0 Å². The summed E-state index contributed by atoms with van der Waals surface area (Å²) in [4.78, 5) is 14.9.